The lowest BCUT2D eigenvalue weighted by atomic mass is 9.95. The van der Waals surface area contributed by atoms with Crippen LogP contribution in [0.25, 0.3) is 0 Å². The summed E-state index contributed by atoms with van der Waals surface area (Å²) in [7, 11) is 2.15. The molecule has 1 aliphatic heterocycles. The lowest BCUT2D eigenvalue weighted by molar-refractivity contribution is 0.0846. The van der Waals surface area contributed by atoms with Gasteiger partial charge in [0.15, 0.2) is 0 Å². The van der Waals surface area contributed by atoms with Gasteiger partial charge in [-0.3, -0.25) is 4.90 Å². The Bertz CT molecular complexity index is 472. The Morgan fingerprint density at radius 1 is 1.37 bits per heavy atom. The Hall–Kier alpha value is -1.57. The third kappa shape index (κ3) is 2.73. The van der Waals surface area contributed by atoms with Crippen LogP contribution in [0, 0.1) is 11.3 Å². The summed E-state index contributed by atoms with van der Waals surface area (Å²) in [4.78, 5) is 4.73. The van der Waals surface area contributed by atoms with Crippen LogP contribution in [-0.4, -0.2) is 43.2 Å². The summed E-state index contributed by atoms with van der Waals surface area (Å²) in [6.07, 6.45) is 0. The van der Waals surface area contributed by atoms with Crippen molar-refractivity contribution in [2.45, 2.75) is 25.4 Å². The van der Waals surface area contributed by atoms with E-state index >= 15 is 0 Å². The maximum Gasteiger partial charge on any atom is 0.0991 e. The fourth-order valence-corrected chi connectivity index (χ4v) is 2.69. The van der Waals surface area contributed by atoms with Gasteiger partial charge in [-0.25, -0.2) is 0 Å². The fraction of sp³-hybridized carbons (Fsp3) is 0.533. The molecule has 0 saturated carbocycles. The van der Waals surface area contributed by atoms with Crippen LogP contribution in [0.5, 0.6) is 0 Å². The molecule has 0 amide bonds. The van der Waals surface area contributed by atoms with Crippen molar-refractivity contribution in [1.82, 2.24) is 4.90 Å². The number of piperazine rings is 1. The zero-order chi connectivity index (χ0) is 14.0. The van der Waals surface area contributed by atoms with E-state index < -0.39 is 0 Å². The Kier molecular flexibility index (Phi) is 3.79. The number of benzene rings is 1. The molecule has 0 radical (unpaired) electrons. The molecule has 2 rings (SSSR count). The molecular formula is C15H22N4. The molecule has 1 saturated heterocycles. The molecule has 1 heterocycles. The second-order valence-electron chi connectivity index (χ2n) is 5.85. The van der Waals surface area contributed by atoms with E-state index in [1.165, 1.54) is 5.69 Å². The van der Waals surface area contributed by atoms with Gasteiger partial charge in [0.05, 0.1) is 11.6 Å². The first-order valence-electron chi connectivity index (χ1n) is 6.66. The number of nitriles is 1. The molecule has 1 fully saturated rings. The average molecular weight is 258 g/mol. The molecule has 0 bridgehead atoms. The molecule has 1 aromatic rings. The third-order valence-corrected chi connectivity index (χ3v) is 4.15. The smallest absolute Gasteiger partial charge is 0.0991 e. The van der Waals surface area contributed by atoms with Gasteiger partial charge in [-0.1, -0.05) is 0 Å². The maximum absolute atomic E-state index is 8.85. The van der Waals surface area contributed by atoms with E-state index in [1.54, 1.807) is 0 Å². The van der Waals surface area contributed by atoms with E-state index in [1.807, 2.05) is 24.3 Å². The molecule has 102 valence electrons. The molecule has 19 heavy (non-hydrogen) atoms. The van der Waals surface area contributed by atoms with Gasteiger partial charge < -0.3 is 10.6 Å². The van der Waals surface area contributed by atoms with Crippen LogP contribution in [0.15, 0.2) is 24.3 Å². The van der Waals surface area contributed by atoms with E-state index in [9.17, 15) is 0 Å². The summed E-state index contributed by atoms with van der Waals surface area (Å²) < 4.78 is 0. The van der Waals surface area contributed by atoms with E-state index in [0.29, 0.717) is 18.2 Å². The number of rotatable bonds is 2. The van der Waals surface area contributed by atoms with Crippen LogP contribution in [-0.2, 0) is 0 Å². The van der Waals surface area contributed by atoms with Gasteiger partial charge in [-0.2, -0.15) is 5.26 Å². The normalized spacial score (nSPS) is 23.1. The monoisotopic (exact) mass is 258 g/mol. The number of hydrogen-bond donors (Lipinski definition) is 1. The number of hydrogen-bond acceptors (Lipinski definition) is 4. The van der Waals surface area contributed by atoms with Gasteiger partial charge in [0.25, 0.3) is 0 Å². The van der Waals surface area contributed by atoms with Crippen LogP contribution in [0.2, 0.25) is 0 Å². The van der Waals surface area contributed by atoms with Crippen molar-refractivity contribution in [3.05, 3.63) is 29.8 Å². The molecule has 4 nitrogen and oxygen atoms in total. The first-order chi connectivity index (χ1) is 8.97. The highest BCUT2D eigenvalue weighted by atomic mass is 15.3. The molecule has 1 aromatic carbocycles. The van der Waals surface area contributed by atoms with Crippen molar-refractivity contribution in [2.24, 2.45) is 5.73 Å². The molecule has 2 N–H and O–H groups in total. The summed E-state index contributed by atoms with van der Waals surface area (Å²) in [6.45, 7) is 7.04. The summed E-state index contributed by atoms with van der Waals surface area (Å²) in [5, 5.41) is 8.85. The lowest BCUT2D eigenvalue weighted by Crippen LogP contribution is -2.64. The topological polar surface area (TPSA) is 56.3 Å². The van der Waals surface area contributed by atoms with Gasteiger partial charge in [-0.15, -0.1) is 0 Å². The molecule has 0 spiro atoms. The third-order valence-electron chi connectivity index (χ3n) is 4.15. The second kappa shape index (κ2) is 5.20. The predicted octanol–water partition coefficient (Wildman–Crippen LogP) is 1.42. The Morgan fingerprint density at radius 2 is 2.00 bits per heavy atom. The minimum Gasteiger partial charge on any atom is -0.368 e. The highest BCUT2D eigenvalue weighted by molar-refractivity contribution is 5.50. The van der Waals surface area contributed by atoms with E-state index in [0.717, 1.165) is 13.1 Å². The molecule has 4 heteroatoms. The van der Waals surface area contributed by atoms with Crippen LogP contribution < -0.4 is 10.6 Å². The quantitative estimate of drug-likeness (QED) is 0.871. The molecule has 1 unspecified atom stereocenters. The van der Waals surface area contributed by atoms with E-state index in [-0.39, 0.29) is 5.54 Å². The highest BCUT2D eigenvalue weighted by Crippen LogP contribution is 2.27. The number of nitrogens with zero attached hydrogens (tertiary/aromatic N) is 3. The largest absolute Gasteiger partial charge is 0.368 e. The van der Waals surface area contributed by atoms with E-state index in [4.69, 9.17) is 11.0 Å². The number of anilines is 1. The van der Waals surface area contributed by atoms with Crippen LogP contribution in [0.4, 0.5) is 5.69 Å². The predicted molar refractivity (Wildman–Crippen MR) is 78.1 cm³/mol. The molecule has 0 aromatic heterocycles. The first kappa shape index (κ1) is 13.9. The molecule has 1 aliphatic rings. The average Bonchev–Trinajstić information content (AvgIpc) is 2.41. The number of nitrogens with two attached hydrogens (primary N) is 1. The summed E-state index contributed by atoms with van der Waals surface area (Å²) in [5.41, 5.74) is 7.85. The van der Waals surface area contributed by atoms with Crippen LogP contribution in [0.3, 0.4) is 0 Å². The van der Waals surface area contributed by atoms with Crippen molar-refractivity contribution in [2.75, 3.05) is 31.6 Å². The van der Waals surface area contributed by atoms with Gasteiger partial charge in [0.2, 0.25) is 0 Å². The first-order valence-corrected chi connectivity index (χ1v) is 6.66. The number of likely N-dealkylation sites (N-methyl/N-ethyl adjacent to an activating group) is 1. The minimum absolute atomic E-state index is 0.0934. The molecule has 1 atom stereocenters. The fourth-order valence-electron chi connectivity index (χ4n) is 2.69. The minimum atomic E-state index is 0.0934. The van der Waals surface area contributed by atoms with Crippen molar-refractivity contribution in [1.29, 1.82) is 5.26 Å². The highest BCUT2D eigenvalue weighted by Gasteiger charge is 2.36. The van der Waals surface area contributed by atoms with Crippen molar-refractivity contribution in [3.8, 4) is 6.07 Å². The SMILES string of the molecule is CN1C(CN)CN(c2ccc(C#N)cc2)CC1(C)C. The standard InChI is InChI=1S/C15H22N4/c1-15(2)11-19(10-14(9-17)18(15)3)13-6-4-12(8-16)5-7-13/h4-7,14H,9-11,17H2,1-3H3. The Balaban J connectivity index is 2.22. The second-order valence-corrected chi connectivity index (χ2v) is 5.85. The van der Waals surface area contributed by atoms with Gasteiger partial charge >= 0.3 is 0 Å². The Morgan fingerprint density at radius 3 is 2.53 bits per heavy atom. The van der Waals surface area contributed by atoms with Gasteiger partial charge in [0, 0.05) is 36.9 Å². The van der Waals surface area contributed by atoms with Crippen LogP contribution >= 0.6 is 0 Å². The lowest BCUT2D eigenvalue weighted by Gasteiger charge is -2.50. The van der Waals surface area contributed by atoms with Crippen molar-refractivity contribution < 1.29 is 0 Å². The maximum atomic E-state index is 8.85. The summed E-state index contributed by atoms with van der Waals surface area (Å²) >= 11 is 0. The van der Waals surface area contributed by atoms with Crippen LogP contribution in [0.1, 0.15) is 19.4 Å². The van der Waals surface area contributed by atoms with E-state index in [2.05, 4.69) is 36.8 Å². The zero-order valence-electron chi connectivity index (χ0n) is 11.9. The zero-order valence-corrected chi connectivity index (χ0v) is 11.9. The van der Waals surface area contributed by atoms with Gasteiger partial charge in [-0.05, 0) is 45.2 Å². The molecule has 0 aliphatic carbocycles. The van der Waals surface area contributed by atoms with Gasteiger partial charge in [0.1, 0.15) is 0 Å². The van der Waals surface area contributed by atoms with Crippen molar-refractivity contribution >= 4 is 5.69 Å². The Labute approximate surface area is 115 Å². The summed E-state index contributed by atoms with van der Waals surface area (Å²) in [6, 6.07) is 10.3. The summed E-state index contributed by atoms with van der Waals surface area (Å²) in [5.74, 6) is 0. The van der Waals surface area contributed by atoms with Crippen molar-refractivity contribution in [3.63, 3.8) is 0 Å². The molecular weight excluding hydrogens is 236 g/mol.